The van der Waals surface area contributed by atoms with Crippen LogP contribution in [0.5, 0.6) is 5.75 Å². The van der Waals surface area contributed by atoms with E-state index in [0.717, 1.165) is 17.7 Å². The molecule has 148 valence electrons. The van der Waals surface area contributed by atoms with Crippen molar-refractivity contribution >= 4 is 11.8 Å². The summed E-state index contributed by atoms with van der Waals surface area (Å²) in [6.07, 6.45) is 0.719. The predicted octanol–water partition coefficient (Wildman–Crippen LogP) is 3.14. The summed E-state index contributed by atoms with van der Waals surface area (Å²) in [6.45, 7) is 7.25. The van der Waals surface area contributed by atoms with Gasteiger partial charge in [-0.3, -0.25) is 9.59 Å². The van der Waals surface area contributed by atoms with E-state index in [1.807, 2.05) is 43.3 Å². The van der Waals surface area contributed by atoms with Crippen molar-refractivity contribution in [1.29, 1.82) is 0 Å². The molecule has 2 aromatic rings. The van der Waals surface area contributed by atoms with Gasteiger partial charge in [0, 0.05) is 18.7 Å². The normalized spacial score (nSPS) is 25.1. The second-order valence-corrected chi connectivity index (χ2v) is 8.75. The largest absolute Gasteiger partial charge is 0.486 e. The van der Waals surface area contributed by atoms with E-state index in [1.54, 1.807) is 4.90 Å². The molecule has 6 nitrogen and oxygen atoms in total. The van der Waals surface area contributed by atoms with Crippen LogP contribution in [0.1, 0.15) is 42.1 Å². The standard InChI is InChI=1S/C22H26N2O4/c1-14-9-16(11-27-15-7-5-4-6-8-15)28-18(14)19(25)24-10-17-21(2,3)12-22(17,13-24)20(23)26/h4-9,17H,10-13H2,1-3H3,(H2,23,26)/t17-,22+/m1/s1. The second-order valence-electron chi connectivity index (χ2n) is 8.75. The van der Waals surface area contributed by atoms with Crippen LogP contribution in [0.4, 0.5) is 0 Å². The number of likely N-dealkylation sites (tertiary alicyclic amines) is 1. The van der Waals surface area contributed by atoms with Crippen LogP contribution in [0.3, 0.4) is 0 Å². The molecule has 28 heavy (non-hydrogen) atoms. The highest BCUT2D eigenvalue weighted by atomic mass is 16.5. The van der Waals surface area contributed by atoms with E-state index in [1.165, 1.54) is 0 Å². The molecule has 2 heterocycles. The number of ether oxygens (including phenoxy) is 1. The topological polar surface area (TPSA) is 85.8 Å². The molecule has 2 N–H and O–H groups in total. The molecular weight excluding hydrogens is 356 g/mol. The molecule has 6 heteroatoms. The van der Waals surface area contributed by atoms with E-state index < -0.39 is 5.41 Å². The lowest BCUT2D eigenvalue weighted by atomic mass is 9.48. The molecule has 0 spiro atoms. The van der Waals surface area contributed by atoms with Gasteiger partial charge >= 0.3 is 0 Å². The Balaban J connectivity index is 1.48. The Labute approximate surface area is 164 Å². The van der Waals surface area contributed by atoms with Gasteiger partial charge in [0.1, 0.15) is 18.1 Å². The van der Waals surface area contributed by atoms with Gasteiger partial charge in [0.15, 0.2) is 5.76 Å². The Kier molecular flexibility index (Phi) is 4.25. The van der Waals surface area contributed by atoms with E-state index >= 15 is 0 Å². The number of carbonyl (C=O) groups is 2. The molecule has 1 saturated carbocycles. The number of para-hydroxylation sites is 1. The molecule has 0 radical (unpaired) electrons. The van der Waals surface area contributed by atoms with E-state index in [-0.39, 0.29) is 29.8 Å². The number of benzene rings is 1. The number of carbonyl (C=O) groups excluding carboxylic acids is 2. The van der Waals surface area contributed by atoms with Crippen LogP contribution in [0.15, 0.2) is 40.8 Å². The first-order valence-electron chi connectivity index (χ1n) is 9.59. The van der Waals surface area contributed by atoms with Crippen LogP contribution in [0.25, 0.3) is 0 Å². The molecule has 2 fully saturated rings. The molecule has 2 aliphatic rings. The lowest BCUT2D eigenvalue weighted by Crippen LogP contribution is -2.59. The molecule has 0 bridgehead atoms. The lowest BCUT2D eigenvalue weighted by molar-refractivity contribution is -0.148. The number of nitrogens with zero attached hydrogens (tertiary/aromatic N) is 1. The minimum Gasteiger partial charge on any atom is -0.486 e. The molecule has 0 unspecified atom stereocenters. The van der Waals surface area contributed by atoms with Crippen LogP contribution in [0, 0.1) is 23.7 Å². The fourth-order valence-electron chi connectivity index (χ4n) is 5.03. The smallest absolute Gasteiger partial charge is 0.289 e. The third kappa shape index (κ3) is 2.87. The Morgan fingerprint density at radius 2 is 2.00 bits per heavy atom. The van der Waals surface area contributed by atoms with Crippen molar-refractivity contribution in [2.45, 2.75) is 33.8 Å². The molecular formula is C22H26N2O4. The van der Waals surface area contributed by atoms with Gasteiger partial charge in [0.2, 0.25) is 5.91 Å². The van der Waals surface area contributed by atoms with Crippen molar-refractivity contribution in [3.63, 3.8) is 0 Å². The maximum absolute atomic E-state index is 13.1. The summed E-state index contributed by atoms with van der Waals surface area (Å²) < 4.78 is 11.5. The van der Waals surface area contributed by atoms with Crippen molar-refractivity contribution in [3.05, 3.63) is 53.5 Å². The monoisotopic (exact) mass is 382 g/mol. The van der Waals surface area contributed by atoms with E-state index in [4.69, 9.17) is 14.9 Å². The van der Waals surface area contributed by atoms with Gasteiger partial charge in [-0.05, 0) is 42.9 Å². The van der Waals surface area contributed by atoms with Crippen molar-refractivity contribution < 1.29 is 18.7 Å². The molecule has 1 aliphatic carbocycles. The Morgan fingerprint density at radius 3 is 2.61 bits per heavy atom. The van der Waals surface area contributed by atoms with Gasteiger partial charge < -0.3 is 19.8 Å². The number of amides is 2. The van der Waals surface area contributed by atoms with Gasteiger partial charge in [-0.2, -0.15) is 0 Å². The minimum atomic E-state index is -0.598. The Bertz CT molecular complexity index is 918. The number of hydrogen-bond donors (Lipinski definition) is 1. The zero-order chi connectivity index (χ0) is 20.1. The van der Waals surface area contributed by atoms with Crippen molar-refractivity contribution in [2.24, 2.45) is 22.5 Å². The summed E-state index contributed by atoms with van der Waals surface area (Å²) in [7, 11) is 0. The molecule has 2 atom stereocenters. The van der Waals surface area contributed by atoms with Gasteiger partial charge in [-0.25, -0.2) is 0 Å². The summed E-state index contributed by atoms with van der Waals surface area (Å²) in [5.74, 6) is 1.25. The summed E-state index contributed by atoms with van der Waals surface area (Å²) in [6, 6.07) is 11.3. The molecule has 1 aromatic heterocycles. The Hall–Kier alpha value is -2.76. The van der Waals surface area contributed by atoms with Crippen LogP contribution >= 0.6 is 0 Å². The summed E-state index contributed by atoms with van der Waals surface area (Å²) in [5, 5.41) is 0. The van der Waals surface area contributed by atoms with Crippen LogP contribution in [0.2, 0.25) is 0 Å². The summed E-state index contributed by atoms with van der Waals surface area (Å²) in [4.78, 5) is 26.9. The zero-order valence-corrected chi connectivity index (χ0v) is 16.5. The predicted molar refractivity (Wildman–Crippen MR) is 104 cm³/mol. The van der Waals surface area contributed by atoms with Crippen molar-refractivity contribution in [2.75, 3.05) is 13.1 Å². The highest BCUT2D eigenvalue weighted by Gasteiger charge is 2.66. The molecule has 1 aromatic carbocycles. The number of rotatable bonds is 5. The quantitative estimate of drug-likeness (QED) is 0.861. The molecule has 1 saturated heterocycles. The van der Waals surface area contributed by atoms with Crippen molar-refractivity contribution in [3.8, 4) is 5.75 Å². The average molecular weight is 382 g/mol. The van der Waals surface area contributed by atoms with Crippen LogP contribution in [-0.4, -0.2) is 29.8 Å². The summed E-state index contributed by atoms with van der Waals surface area (Å²) in [5.41, 5.74) is 5.89. The third-order valence-corrected chi connectivity index (χ3v) is 6.32. The van der Waals surface area contributed by atoms with Crippen molar-refractivity contribution in [1.82, 2.24) is 4.90 Å². The minimum absolute atomic E-state index is 0.0109. The fourth-order valence-corrected chi connectivity index (χ4v) is 5.03. The number of hydrogen-bond acceptors (Lipinski definition) is 4. The summed E-state index contributed by atoms with van der Waals surface area (Å²) >= 11 is 0. The van der Waals surface area contributed by atoms with Gasteiger partial charge in [0.25, 0.3) is 5.91 Å². The van der Waals surface area contributed by atoms with E-state index in [0.29, 0.717) is 24.6 Å². The second kappa shape index (κ2) is 6.40. The lowest BCUT2D eigenvalue weighted by Gasteiger charge is -2.54. The number of aryl methyl sites for hydroxylation is 1. The number of nitrogens with two attached hydrogens (primary N) is 1. The van der Waals surface area contributed by atoms with Crippen LogP contribution in [-0.2, 0) is 11.4 Å². The van der Waals surface area contributed by atoms with Crippen LogP contribution < -0.4 is 10.5 Å². The zero-order valence-electron chi connectivity index (χ0n) is 16.5. The fraction of sp³-hybridized carbons (Fsp3) is 0.455. The SMILES string of the molecule is Cc1cc(COc2ccccc2)oc1C(=O)N1C[C@@H]2C(C)(C)C[C@]2(C(N)=O)C1. The van der Waals surface area contributed by atoms with Gasteiger partial charge in [-0.15, -0.1) is 0 Å². The number of primary amides is 1. The maximum atomic E-state index is 13.1. The Morgan fingerprint density at radius 1 is 1.29 bits per heavy atom. The number of furan rings is 1. The number of fused-ring (bicyclic) bond motifs is 1. The highest BCUT2D eigenvalue weighted by molar-refractivity contribution is 5.94. The first-order chi connectivity index (χ1) is 13.2. The molecule has 2 amide bonds. The van der Waals surface area contributed by atoms with Gasteiger partial charge in [-0.1, -0.05) is 32.0 Å². The maximum Gasteiger partial charge on any atom is 0.289 e. The first-order valence-corrected chi connectivity index (χ1v) is 9.59. The average Bonchev–Trinajstić information content (AvgIpc) is 3.19. The molecule has 4 rings (SSSR count). The molecule has 1 aliphatic heterocycles. The van der Waals surface area contributed by atoms with E-state index in [2.05, 4.69) is 13.8 Å². The van der Waals surface area contributed by atoms with E-state index in [9.17, 15) is 9.59 Å². The van der Waals surface area contributed by atoms with Gasteiger partial charge in [0.05, 0.1) is 5.41 Å². The highest BCUT2D eigenvalue weighted by Crippen LogP contribution is 2.62. The first kappa shape index (κ1) is 18.6. The third-order valence-electron chi connectivity index (χ3n) is 6.32.